The first kappa shape index (κ1) is 12.8. The van der Waals surface area contributed by atoms with E-state index in [2.05, 4.69) is 0 Å². The Balaban J connectivity index is 2.25. The zero-order valence-corrected chi connectivity index (χ0v) is 9.88. The Labute approximate surface area is 96.4 Å². The van der Waals surface area contributed by atoms with Gasteiger partial charge in [0, 0.05) is 32.0 Å². The highest BCUT2D eigenvalue weighted by molar-refractivity contribution is 6.17. The minimum atomic E-state index is 0.200. The molecule has 1 heterocycles. The van der Waals surface area contributed by atoms with Crippen LogP contribution in [0.2, 0.25) is 0 Å². The number of aliphatic hydroxyl groups is 1. The van der Waals surface area contributed by atoms with E-state index >= 15 is 0 Å². The van der Waals surface area contributed by atoms with Crippen molar-refractivity contribution in [1.82, 2.24) is 4.90 Å². The predicted octanol–water partition coefficient (Wildman–Crippen LogP) is 1.63. The number of alkyl halides is 1. The summed E-state index contributed by atoms with van der Waals surface area (Å²) in [6.45, 7) is 1.79. The summed E-state index contributed by atoms with van der Waals surface area (Å²) in [6.07, 6.45) is 4.45. The number of piperidine rings is 1. The van der Waals surface area contributed by atoms with Gasteiger partial charge < -0.3 is 10.0 Å². The number of carbonyl (C=O) groups excluding carboxylic acids is 1. The fraction of sp³-hybridized carbons (Fsp3) is 0.909. The topological polar surface area (TPSA) is 40.5 Å². The minimum Gasteiger partial charge on any atom is -0.396 e. The average Bonchev–Trinajstić information content (AvgIpc) is 2.29. The number of amides is 1. The van der Waals surface area contributed by atoms with Crippen LogP contribution in [0.4, 0.5) is 0 Å². The molecule has 1 aliphatic heterocycles. The number of aliphatic hydroxyl groups excluding tert-OH is 1. The molecule has 1 amide bonds. The number of halogens is 1. The third-order valence-electron chi connectivity index (χ3n) is 2.90. The van der Waals surface area contributed by atoms with Crippen LogP contribution in [-0.4, -0.2) is 41.5 Å². The van der Waals surface area contributed by atoms with Crippen molar-refractivity contribution < 1.29 is 9.90 Å². The molecule has 0 aliphatic carbocycles. The molecule has 1 rings (SSSR count). The van der Waals surface area contributed by atoms with Gasteiger partial charge in [-0.05, 0) is 31.6 Å². The van der Waals surface area contributed by atoms with Crippen molar-refractivity contribution in [3.8, 4) is 0 Å². The summed E-state index contributed by atoms with van der Waals surface area (Å²) in [4.78, 5) is 13.6. The Hall–Kier alpha value is -0.280. The van der Waals surface area contributed by atoms with E-state index in [1.807, 2.05) is 4.90 Å². The molecule has 4 heteroatoms. The van der Waals surface area contributed by atoms with Gasteiger partial charge in [0.05, 0.1) is 0 Å². The van der Waals surface area contributed by atoms with Gasteiger partial charge in [-0.25, -0.2) is 0 Å². The smallest absolute Gasteiger partial charge is 0.222 e. The first-order chi connectivity index (χ1) is 7.27. The Bertz CT molecular complexity index is 199. The van der Waals surface area contributed by atoms with Crippen LogP contribution >= 0.6 is 11.6 Å². The molecule has 0 bridgehead atoms. The molecule has 3 nitrogen and oxygen atoms in total. The Morgan fingerprint density at radius 3 is 2.93 bits per heavy atom. The Kier molecular flexibility index (Phi) is 6.03. The van der Waals surface area contributed by atoms with E-state index in [9.17, 15) is 4.79 Å². The predicted molar refractivity (Wildman–Crippen MR) is 61.0 cm³/mol. The molecule has 88 valence electrons. The fourth-order valence-corrected chi connectivity index (χ4v) is 2.16. The molecule has 0 aromatic heterocycles. The maximum atomic E-state index is 11.7. The molecule has 1 atom stereocenters. The molecule has 1 aliphatic rings. The monoisotopic (exact) mass is 233 g/mol. The van der Waals surface area contributed by atoms with Crippen molar-refractivity contribution in [2.24, 2.45) is 5.92 Å². The lowest BCUT2D eigenvalue weighted by atomic mass is 9.98. The summed E-state index contributed by atoms with van der Waals surface area (Å²) in [5.41, 5.74) is 0. The van der Waals surface area contributed by atoms with E-state index in [0.717, 1.165) is 38.8 Å². The zero-order valence-electron chi connectivity index (χ0n) is 9.12. The van der Waals surface area contributed by atoms with E-state index in [1.165, 1.54) is 0 Å². The SMILES string of the molecule is O=C(CCCCCl)N1CCCC(CO)C1. The molecule has 15 heavy (non-hydrogen) atoms. The molecule has 1 N–H and O–H groups in total. The lowest BCUT2D eigenvalue weighted by Crippen LogP contribution is -2.40. The second kappa shape index (κ2) is 7.07. The Morgan fingerprint density at radius 1 is 1.47 bits per heavy atom. The van der Waals surface area contributed by atoms with Gasteiger partial charge in [-0.3, -0.25) is 4.79 Å². The maximum Gasteiger partial charge on any atom is 0.222 e. The molecule has 0 spiro atoms. The molecule has 1 unspecified atom stereocenters. The van der Waals surface area contributed by atoms with Crippen molar-refractivity contribution in [2.75, 3.05) is 25.6 Å². The molecule has 0 saturated carbocycles. The van der Waals surface area contributed by atoms with Crippen LogP contribution in [0.3, 0.4) is 0 Å². The van der Waals surface area contributed by atoms with Crippen LogP contribution in [0.15, 0.2) is 0 Å². The number of carbonyl (C=O) groups is 1. The van der Waals surface area contributed by atoms with Gasteiger partial charge in [-0.15, -0.1) is 11.6 Å². The summed E-state index contributed by atoms with van der Waals surface area (Å²) in [7, 11) is 0. The van der Waals surface area contributed by atoms with Crippen LogP contribution in [0, 0.1) is 5.92 Å². The standard InChI is InChI=1S/C11H20ClNO2/c12-6-2-1-5-11(15)13-7-3-4-10(8-13)9-14/h10,14H,1-9H2. The summed E-state index contributed by atoms with van der Waals surface area (Å²) < 4.78 is 0. The number of nitrogens with zero attached hydrogens (tertiary/aromatic N) is 1. The van der Waals surface area contributed by atoms with E-state index in [1.54, 1.807) is 0 Å². The third kappa shape index (κ3) is 4.39. The van der Waals surface area contributed by atoms with Gasteiger partial charge >= 0.3 is 0 Å². The van der Waals surface area contributed by atoms with E-state index in [4.69, 9.17) is 16.7 Å². The largest absolute Gasteiger partial charge is 0.396 e. The summed E-state index contributed by atoms with van der Waals surface area (Å²) >= 11 is 5.56. The number of hydrogen-bond donors (Lipinski definition) is 1. The van der Waals surface area contributed by atoms with Crippen molar-refractivity contribution in [2.45, 2.75) is 32.1 Å². The van der Waals surface area contributed by atoms with E-state index < -0.39 is 0 Å². The fourth-order valence-electron chi connectivity index (χ4n) is 1.97. The van der Waals surface area contributed by atoms with Gasteiger partial charge in [0.2, 0.25) is 5.91 Å². The molecular weight excluding hydrogens is 214 g/mol. The highest BCUT2D eigenvalue weighted by Gasteiger charge is 2.22. The third-order valence-corrected chi connectivity index (χ3v) is 3.17. The second-order valence-corrected chi connectivity index (χ2v) is 4.55. The van der Waals surface area contributed by atoms with Crippen LogP contribution in [0.25, 0.3) is 0 Å². The number of unbranched alkanes of at least 4 members (excludes halogenated alkanes) is 1. The molecule has 0 aromatic rings. The van der Waals surface area contributed by atoms with Gasteiger partial charge in [0.1, 0.15) is 0 Å². The van der Waals surface area contributed by atoms with Gasteiger partial charge in [-0.2, -0.15) is 0 Å². The average molecular weight is 234 g/mol. The quantitative estimate of drug-likeness (QED) is 0.579. The summed E-state index contributed by atoms with van der Waals surface area (Å²) in [6, 6.07) is 0. The minimum absolute atomic E-state index is 0.200. The summed E-state index contributed by atoms with van der Waals surface area (Å²) in [5.74, 6) is 1.14. The van der Waals surface area contributed by atoms with E-state index in [-0.39, 0.29) is 18.4 Å². The molecule has 0 radical (unpaired) electrons. The highest BCUT2D eigenvalue weighted by Crippen LogP contribution is 2.17. The van der Waals surface area contributed by atoms with Crippen LogP contribution in [0.5, 0.6) is 0 Å². The highest BCUT2D eigenvalue weighted by atomic mass is 35.5. The molecule has 0 aromatic carbocycles. The lowest BCUT2D eigenvalue weighted by molar-refractivity contribution is -0.133. The lowest BCUT2D eigenvalue weighted by Gasteiger charge is -2.31. The molecular formula is C11H20ClNO2. The first-order valence-electron chi connectivity index (χ1n) is 5.72. The maximum absolute atomic E-state index is 11.7. The van der Waals surface area contributed by atoms with Crippen molar-refractivity contribution >= 4 is 17.5 Å². The molecule has 1 saturated heterocycles. The van der Waals surface area contributed by atoms with Crippen LogP contribution < -0.4 is 0 Å². The zero-order chi connectivity index (χ0) is 11.1. The molecule has 1 fully saturated rings. The van der Waals surface area contributed by atoms with E-state index in [0.29, 0.717) is 12.3 Å². The summed E-state index contributed by atoms with van der Waals surface area (Å²) in [5, 5.41) is 9.05. The number of hydrogen-bond acceptors (Lipinski definition) is 2. The van der Waals surface area contributed by atoms with Gasteiger partial charge in [-0.1, -0.05) is 0 Å². The van der Waals surface area contributed by atoms with Gasteiger partial charge in [0.15, 0.2) is 0 Å². The van der Waals surface area contributed by atoms with Crippen molar-refractivity contribution in [3.05, 3.63) is 0 Å². The second-order valence-electron chi connectivity index (χ2n) is 4.18. The first-order valence-corrected chi connectivity index (χ1v) is 6.26. The Morgan fingerprint density at radius 2 is 2.27 bits per heavy atom. The van der Waals surface area contributed by atoms with Crippen LogP contribution in [-0.2, 0) is 4.79 Å². The normalized spacial score (nSPS) is 21.7. The van der Waals surface area contributed by atoms with Crippen LogP contribution in [0.1, 0.15) is 32.1 Å². The van der Waals surface area contributed by atoms with Crippen molar-refractivity contribution in [1.29, 1.82) is 0 Å². The van der Waals surface area contributed by atoms with Gasteiger partial charge in [0.25, 0.3) is 0 Å². The number of rotatable bonds is 5. The number of likely N-dealkylation sites (tertiary alicyclic amines) is 1. The van der Waals surface area contributed by atoms with Crippen molar-refractivity contribution in [3.63, 3.8) is 0 Å².